The number of halogens is 3. The van der Waals surface area contributed by atoms with Crippen molar-refractivity contribution in [3.8, 4) is 6.07 Å². The van der Waals surface area contributed by atoms with Crippen molar-refractivity contribution in [3.05, 3.63) is 23.4 Å². The van der Waals surface area contributed by atoms with E-state index in [1.54, 1.807) is 13.0 Å². The van der Waals surface area contributed by atoms with Crippen molar-refractivity contribution in [1.82, 2.24) is 4.98 Å². The molecule has 0 aromatic carbocycles. The van der Waals surface area contributed by atoms with Gasteiger partial charge in [0.2, 0.25) is 0 Å². The Balaban J connectivity index is 3.08. The van der Waals surface area contributed by atoms with Gasteiger partial charge in [0.05, 0.1) is 12.2 Å². The van der Waals surface area contributed by atoms with Crippen LogP contribution in [0.15, 0.2) is 12.1 Å². The Bertz CT molecular complexity index is 538. The average Bonchev–Trinajstić information content (AvgIpc) is 2.37. The van der Waals surface area contributed by atoms with E-state index in [2.05, 4.69) is 4.98 Å². The predicted octanol–water partition coefficient (Wildman–Crippen LogP) is 1.97. The van der Waals surface area contributed by atoms with Gasteiger partial charge in [-0.1, -0.05) is 0 Å². The molecule has 0 bridgehead atoms. The van der Waals surface area contributed by atoms with Crippen LogP contribution in [0.3, 0.4) is 0 Å². The molecule has 0 atom stereocenters. The summed E-state index contributed by atoms with van der Waals surface area (Å²) in [5, 5.41) is 8.88. The molecule has 0 spiro atoms. The summed E-state index contributed by atoms with van der Waals surface area (Å²) in [5.74, 6) is -0.825. The number of hydrogen-bond donors (Lipinski definition) is 0. The third kappa shape index (κ3) is 3.85. The molecular formula is C12H12F3N3O2. The van der Waals surface area contributed by atoms with Gasteiger partial charge >= 0.3 is 12.1 Å². The van der Waals surface area contributed by atoms with Gasteiger partial charge in [-0.3, -0.25) is 4.79 Å². The first-order valence-electron chi connectivity index (χ1n) is 5.64. The van der Waals surface area contributed by atoms with E-state index in [9.17, 15) is 18.0 Å². The smallest absolute Gasteiger partial charge is 0.433 e. The molecule has 0 radical (unpaired) electrons. The zero-order valence-corrected chi connectivity index (χ0v) is 10.9. The van der Waals surface area contributed by atoms with Gasteiger partial charge in [0.1, 0.15) is 24.1 Å². The van der Waals surface area contributed by atoms with Crippen LogP contribution in [0.2, 0.25) is 0 Å². The van der Waals surface area contributed by atoms with Crippen molar-refractivity contribution < 1.29 is 22.7 Å². The summed E-state index contributed by atoms with van der Waals surface area (Å²) >= 11 is 0. The summed E-state index contributed by atoms with van der Waals surface area (Å²) in [6.45, 7) is 1.48. The van der Waals surface area contributed by atoms with Crippen molar-refractivity contribution in [3.63, 3.8) is 0 Å². The Morgan fingerprint density at radius 3 is 2.65 bits per heavy atom. The zero-order chi connectivity index (χ0) is 15.3. The normalized spacial score (nSPS) is 10.8. The van der Waals surface area contributed by atoms with Gasteiger partial charge in [-0.2, -0.15) is 18.4 Å². The van der Waals surface area contributed by atoms with Gasteiger partial charge in [0.25, 0.3) is 0 Å². The van der Waals surface area contributed by atoms with Gasteiger partial charge in [-0.05, 0) is 19.1 Å². The highest BCUT2D eigenvalue weighted by Crippen LogP contribution is 2.30. The number of nitrogens with zero attached hydrogens (tertiary/aromatic N) is 3. The predicted molar refractivity (Wildman–Crippen MR) is 63.9 cm³/mol. The molecule has 0 aliphatic heterocycles. The quantitative estimate of drug-likeness (QED) is 0.792. The van der Waals surface area contributed by atoms with Gasteiger partial charge in [0.15, 0.2) is 0 Å². The fourth-order valence-corrected chi connectivity index (χ4v) is 1.46. The van der Waals surface area contributed by atoms with E-state index in [0.29, 0.717) is 0 Å². The molecule has 0 aliphatic rings. The first-order valence-corrected chi connectivity index (χ1v) is 5.64. The summed E-state index contributed by atoms with van der Waals surface area (Å²) in [4.78, 5) is 15.9. The van der Waals surface area contributed by atoms with Gasteiger partial charge < -0.3 is 9.64 Å². The average molecular weight is 287 g/mol. The number of carbonyl (C=O) groups excluding carboxylic acids is 1. The number of alkyl halides is 3. The second kappa shape index (κ2) is 6.23. The molecule has 0 amide bonds. The number of hydrogen-bond acceptors (Lipinski definition) is 5. The number of aromatic nitrogens is 1. The molecule has 5 nitrogen and oxygen atoms in total. The lowest BCUT2D eigenvalue weighted by Crippen LogP contribution is -2.29. The maximum Gasteiger partial charge on any atom is 0.433 e. The molecule has 108 valence electrons. The topological polar surface area (TPSA) is 66.2 Å². The third-order valence-electron chi connectivity index (χ3n) is 2.32. The molecule has 20 heavy (non-hydrogen) atoms. The van der Waals surface area contributed by atoms with Crippen molar-refractivity contribution in [2.24, 2.45) is 0 Å². The number of nitriles is 1. The fraction of sp³-hybridized carbons (Fsp3) is 0.417. The summed E-state index contributed by atoms with van der Waals surface area (Å²) in [5.41, 5.74) is -1.17. The Morgan fingerprint density at radius 2 is 2.15 bits per heavy atom. The van der Waals surface area contributed by atoms with Crippen molar-refractivity contribution >= 4 is 11.8 Å². The third-order valence-corrected chi connectivity index (χ3v) is 2.32. The van der Waals surface area contributed by atoms with Crippen LogP contribution >= 0.6 is 0 Å². The summed E-state index contributed by atoms with van der Waals surface area (Å²) in [6.07, 6.45) is -4.62. The SMILES string of the molecule is CCOC(=O)CN(C)c1nc(C(F)(F)F)ccc1C#N. The lowest BCUT2D eigenvalue weighted by Gasteiger charge is -2.19. The number of esters is 1. The number of ether oxygens (including phenoxy) is 1. The highest BCUT2D eigenvalue weighted by molar-refractivity contribution is 5.76. The molecule has 0 saturated heterocycles. The fourth-order valence-electron chi connectivity index (χ4n) is 1.46. The van der Waals surface area contributed by atoms with E-state index in [1.165, 1.54) is 7.05 Å². The number of pyridine rings is 1. The molecule has 8 heteroatoms. The lowest BCUT2D eigenvalue weighted by atomic mass is 10.2. The summed E-state index contributed by atoms with van der Waals surface area (Å²) in [7, 11) is 1.36. The number of anilines is 1. The number of likely N-dealkylation sites (N-methyl/N-ethyl adjacent to an activating group) is 1. The molecule has 0 aliphatic carbocycles. The zero-order valence-electron chi connectivity index (χ0n) is 10.9. The van der Waals surface area contributed by atoms with Crippen LogP contribution in [0.25, 0.3) is 0 Å². The minimum absolute atomic E-state index is 0.0511. The molecule has 1 aromatic rings. The lowest BCUT2D eigenvalue weighted by molar-refractivity contribution is -0.141. The number of carbonyl (C=O) groups is 1. The van der Waals surface area contributed by atoms with E-state index in [4.69, 9.17) is 10.00 Å². The van der Waals surface area contributed by atoms with Crippen LogP contribution < -0.4 is 4.90 Å². The van der Waals surface area contributed by atoms with E-state index in [1.807, 2.05) is 0 Å². The summed E-state index contributed by atoms with van der Waals surface area (Å²) < 4.78 is 42.5. The van der Waals surface area contributed by atoms with Crippen LogP contribution in [0.5, 0.6) is 0 Å². The van der Waals surface area contributed by atoms with E-state index < -0.39 is 17.8 Å². The Morgan fingerprint density at radius 1 is 1.50 bits per heavy atom. The van der Waals surface area contributed by atoms with E-state index in [-0.39, 0.29) is 24.5 Å². The molecule has 0 unspecified atom stereocenters. The van der Waals surface area contributed by atoms with Crippen LogP contribution in [-0.4, -0.2) is 31.2 Å². The molecule has 0 fully saturated rings. The van der Waals surface area contributed by atoms with Crippen LogP contribution in [0.4, 0.5) is 19.0 Å². The van der Waals surface area contributed by atoms with Crippen LogP contribution in [0.1, 0.15) is 18.2 Å². The van der Waals surface area contributed by atoms with Gasteiger partial charge in [-0.15, -0.1) is 0 Å². The van der Waals surface area contributed by atoms with Gasteiger partial charge in [0, 0.05) is 7.05 Å². The number of rotatable bonds is 4. The maximum atomic E-state index is 12.6. The Hall–Kier alpha value is -2.30. The van der Waals surface area contributed by atoms with Crippen LogP contribution in [0, 0.1) is 11.3 Å². The van der Waals surface area contributed by atoms with Gasteiger partial charge in [-0.25, -0.2) is 4.98 Å². The minimum atomic E-state index is -4.62. The largest absolute Gasteiger partial charge is 0.465 e. The maximum absolute atomic E-state index is 12.6. The molecule has 1 aromatic heterocycles. The monoisotopic (exact) mass is 287 g/mol. The van der Waals surface area contributed by atoms with E-state index >= 15 is 0 Å². The van der Waals surface area contributed by atoms with Crippen LogP contribution in [-0.2, 0) is 15.7 Å². The molecular weight excluding hydrogens is 275 g/mol. The first-order chi connectivity index (χ1) is 9.29. The second-order valence-electron chi connectivity index (χ2n) is 3.84. The first kappa shape index (κ1) is 15.8. The highest BCUT2D eigenvalue weighted by Gasteiger charge is 2.33. The molecule has 1 heterocycles. The second-order valence-corrected chi connectivity index (χ2v) is 3.84. The highest BCUT2D eigenvalue weighted by atomic mass is 19.4. The molecule has 0 N–H and O–H groups in total. The molecule has 0 saturated carbocycles. The Kier molecular flexibility index (Phi) is 4.91. The standard InChI is InChI=1S/C12H12F3N3O2/c1-3-20-10(19)7-18(2)11-8(6-16)4-5-9(17-11)12(13,14)15/h4-5H,3,7H2,1-2H3. The van der Waals surface area contributed by atoms with Crippen molar-refractivity contribution in [2.75, 3.05) is 25.1 Å². The van der Waals surface area contributed by atoms with Crippen molar-refractivity contribution in [1.29, 1.82) is 5.26 Å². The molecule has 1 rings (SSSR count). The Labute approximate surface area is 113 Å². The van der Waals surface area contributed by atoms with E-state index in [0.717, 1.165) is 17.0 Å². The van der Waals surface area contributed by atoms with Crippen molar-refractivity contribution in [2.45, 2.75) is 13.1 Å². The minimum Gasteiger partial charge on any atom is -0.465 e. The summed E-state index contributed by atoms with van der Waals surface area (Å²) in [6, 6.07) is 3.48.